The van der Waals surface area contributed by atoms with Crippen molar-refractivity contribution in [2.45, 2.75) is 6.42 Å². The highest BCUT2D eigenvalue weighted by atomic mass is 79.9. The van der Waals surface area contributed by atoms with Crippen molar-refractivity contribution >= 4 is 21.8 Å². The van der Waals surface area contributed by atoms with Gasteiger partial charge in [0.05, 0.1) is 0 Å². The number of benzene rings is 1. The summed E-state index contributed by atoms with van der Waals surface area (Å²) < 4.78 is 0.678. The van der Waals surface area contributed by atoms with Crippen LogP contribution in [0.5, 0.6) is 5.75 Å². The lowest BCUT2D eigenvalue weighted by molar-refractivity contribution is 0.0948. The van der Waals surface area contributed by atoms with Crippen LogP contribution in [0.4, 0.5) is 0 Å². The molecule has 4 nitrogen and oxygen atoms in total. The van der Waals surface area contributed by atoms with Gasteiger partial charge in [0.1, 0.15) is 11.4 Å². The first-order chi connectivity index (χ1) is 9.16. The number of carbonyl (C=O) groups excluding carboxylic acids is 1. The number of amides is 1. The summed E-state index contributed by atoms with van der Waals surface area (Å²) >= 11 is 3.29. The third kappa shape index (κ3) is 3.79. The molecule has 1 amide bonds. The van der Waals surface area contributed by atoms with Gasteiger partial charge in [0.2, 0.25) is 0 Å². The van der Waals surface area contributed by atoms with Crippen molar-refractivity contribution in [3.8, 4) is 5.75 Å². The summed E-state index contributed by atoms with van der Waals surface area (Å²) in [6.07, 6.45) is 2.29. The summed E-state index contributed by atoms with van der Waals surface area (Å²) in [5.41, 5.74) is 1.44. The van der Waals surface area contributed by atoms with E-state index in [-0.39, 0.29) is 11.7 Å². The number of pyridine rings is 1. The molecule has 0 fully saturated rings. The Labute approximate surface area is 119 Å². The first-order valence-electron chi connectivity index (χ1n) is 5.83. The van der Waals surface area contributed by atoms with Crippen LogP contribution in [0.1, 0.15) is 16.1 Å². The van der Waals surface area contributed by atoms with E-state index in [1.165, 1.54) is 0 Å². The Morgan fingerprint density at radius 3 is 2.68 bits per heavy atom. The highest BCUT2D eigenvalue weighted by Gasteiger charge is 2.09. The molecule has 0 unspecified atom stereocenters. The van der Waals surface area contributed by atoms with Gasteiger partial charge in [-0.25, -0.2) is 4.98 Å². The summed E-state index contributed by atoms with van der Waals surface area (Å²) in [5, 5.41) is 12.0. The standard InChI is InChI=1S/C14H13BrN2O2/c15-12-2-1-8-16-13(12)14(19)17-9-7-10-3-5-11(18)6-4-10/h1-6,8,18H,7,9H2,(H,17,19). The van der Waals surface area contributed by atoms with Crippen LogP contribution in [-0.4, -0.2) is 22.5 Å². The fourth-order valence-corrected chi connectivity index (χ4v) is 2.05. The van der Waals surface area contributed by atoms with E-state index in [1.54, 1.807) is 30.5 Å². The maximum atomic E-state index is 11.9. The topological polar surface area (TPSA) is 62.2 Å². The number of halogens is 1. The predicted octanol–water partition coefficient (Wildman–Crippen LogP) is 2.52. The van der Waals surface area contributed by atoms with Crippen molar-refractivity contribution in [1.82, 2.24) is 10.3 Å². The highest BCUT2D eigenvalue weighted by Crippen LogP contribution is 2.13. The first kappa shape index (κ1) is 13.5. The number of nitrogens with one attached hydrogen (secondary N) is 1. The summed E-state index contributed by atoms with van der Waals surface area (Å²) in [6, 6.07) is 10.5. The van der Waals surface area contributed by atoms with Gasteiger partial charge in [-0.15, -0.1) is 0 Å². The van der Waals surface area contributed by atoms with E-state index in [1.807, 2.05) is 12.1 Å². The SMILES string of the molecule is O=C(NCCc1ccc(O)cc1)c1ncccc1Br. The van der Waals surface area contributed by atoms with Crippen molar-refractivity contribution in [2.24, 2.45) is 0 Å². The predicted molar refractivity (Wildman–Crippen MR) is 76.1 cm³/mol. The van der Waals surface area contributed by atoms with Gasteiger partial charge in [-0.3, -0.25) is 4.79 Å². The first-order valence-corrected chi connectivity index (χ1v) is 6.63. The Morgan fingerprint density at radius 1 is 1.26 bits per heavy atom. The second kappa shape index (κ2) is 6.33. The normalized spacial score (nSPS) is 10.2. The molecule has 0 spiro atoms. The minimum Gasteiger partial charge on any atom is -0.508 e. The zero-order chi connectivity index (χ0) is 13.7. The van der Waals surface area contributed by atoms with Crippen molar-refractivity contribution in [3.05, 3.63) is 58.3 Å². The molecule has 2 rings (SSSR count). The van der Waals surface area contributed by atoms with Crippen LogP contribution in [0, 0.1) is 0 Å². The third-order valence-electron chi connectivity index (χ3n) is 2.61. The molecule has 1 aromatic heterocycles. The molecule has 0 saturated carbocycles. The number of phenols is 1. The Kier molecular flexibility index (Phi) is 4.52. The number of hydrogen-bond acceptors (Lipinski definition) is 3. The Bertz CT molecular complexity index is 570. The molecular formula is C14H13BrN2O2. The molecule has 0 atom stereocenters. The third-order valence-corrected chi connectivity index (χ3v) is 3.25. The molecule has 0 aliphatic heterocycles. The molecule has 0 bridgehead atoms. The molecule has 0 aliphatic rings. The Hall–Kier alpha value is -1.88. The van der Waals surface area contributed by atoms with Gasteiger partial charge in [0.15, 0.2) is 0 Å². The van der Waals surface area contributed by atoms with E-state index in [9.17, 15) is 4.79 Å². The van der Waals surface area contributed by atoms with Crippen molar-refractivity contribution < 1.29 is 9.90 Å². The van der Waals surface area contributed by atoms with Gasteiger partial charge < -0.3 is 10.4 Å². The molecule has 1 aromatic carbocycles. The average molecular weight is 321 g/mol. The van der Waals surface area contributed by atoms with E-state index in [0.29, 0.717) is 23.1 Å². The lowest BCUT2D eigenvalue weighted by Crippen LogP contribution is -2.26. The zero-order valence-corrected chi connectivity index (χ0v) is 11.7. The van der Waals surface area contributed by atoms with E-state index in [2.05, 4.69) is 26.2 Å². The minimum atomic E-state index is -0.203. The maximum Gasteiger partial charge on any atom is 0.271 e. The van der Waals surface area contributed by atoms with Gasteiger partial charge in [0.25, 0.3) is 5.91 Å². The fraction of sp³-hybridized carbons (Fsp3) is 0.143. The van der Waals surface area contributed by atoms with Gasteiger partial charge in [0, 0.05) is 17.2 Å². The quantitative estimate of drug-likeness (QED) is 0.910. The maximum absolute atomic E-state index is 11.9. The molecule has 2 N–H and O–H groups in total. The van der Waals surface area contributed by atoms with Crippen molar-refractivity contribution in [2.75, 3.05) is 6.54 Å². The molecular weight excluding hydrogens is 308 g/mol. The van der Waals surface area contributed by atoms with E-state index in [4.69, 9.17) is 5.11 Å². The van der Waals surface area contributed by atoms with Crippen LogP contribution in [0.3, 0.4) is 0 Å². The number of carbonyl (C=O) groups is 1. The monoisotopic (exact) mass is 320 g/mol. The molecule has 19 heavy (non-hydrogen) atoms. The number of aromatic hydroxyl groups is 1. The molecule has 2 aromatic rings. The van der Waals surface area contributed by atoms with Crippen LogP contribution in [0.25, 0.3) is 0 Å². The molecule has 5 heteroatoms. The Balaban J connectivity index is 1.88. The highest BCUT2D eigenvalue weighted by molar-refractivity contribution is 9.10. The molecule has 0 saturated heterocycles. The number of rotatable bonds is 4. The molecule has 0 radical (unpaired) electrons. The van der Waals surface area contributed by atoms with Crippen LogP contribution >= 0.6 is 15.9 Å². The van der Waals surface area contributed by atoms with E-state index >= 15 is 0 Å². The van der Waals surface area contributed by atoms with Crippen molar-refractivity contribution in [3.63, 3.8) is 0 Å². The number of phenolic OH excluding ortho intramolecular Hbond substituents is 1. The summed E-state index contributed by atoms with van der Waals surface area (Å²) in [6.45, 7) is 0.520. The molecule has 98 valence electrons. The average Bonchev–Trinajstić information content (AvgIpc) is 2.41. The van der Waals surface area contributed by atoms with Gasteiger partial charge >= 0.3 is 0 Å². The van der Waals surface area contributed by atoms with E-state index < -0.39 is 0 Å². The van der Waals surface area contributed by atoms with Crippen LogP contribution in [0.15, 0.2) is 47.1 Å². The lowest BCUT2D eigenvalue weighted by atomic mass is 10.1. The Morgan fingerprint density at radius 2 is 2.00 bits per heavy atom. The molecule has 1 heterocycles. The zero-order valence-electron chi connectivity index (χ0n) is 10.1. The minimum absolute atomic E-state index is 0.203. The number of nitrogens with zero attached hydrogens (tertiary/aromatic N) is 1. The van der Waals surface area contributed by atoms with Crippen LogP contribution < -0.4 is 5.32 Å². The van der Waals surface area contributed by atoms with Gasteiger partial charge in [-0.2, -0.15) is 0 Å². The summed E-state index contributed by atoms with van der Waals surface area (Å²) in [7, 11) is 0. The number of aromatic nitrogens is 1. The van der Waals surface area contributed by atoms with Gasteiger partial charge in [-0.05, 0) is 52.2 Å². The summed E-state index contributed by atoms with van der Waals surface area (Å²) in [4.78, 5) is 15.9. The fourth-order valence-electron chi connectivity index (χ4n) is 1.62. The second-order valence-corrected chi connectivity index (χ2v) is 4.86. The molecule has 0 aliphatic carbocycles. The lowest BCUT2D eigenvalue weighted by Gasteiger charge is -2.06. The van der Waals surface area contributed by atoms with Crippen LogP contribution in [-0.2, 0) is 6.42 Å². The van der Waals surface area contributed by atoms with Crippen molar-refractivity contribution in [1.29, 1.82) is 0 Å². The largest absolute Gasteiger partial charge is 0.508 e. The van der Waals surface area contributed by atoms with Gasteiger partial charge in [-0.1, -0.05) is 12.1 Å². The smallest absolute Gasteiger partial charge is 0.271 e. The number of hydrogen-bond donors (Lipinski definition) is 2. The van der Waals surface area contributed by atoms with Crippen LogP contribution in [0.2, 0.25) is 0 Å². The second-order valence-electron chi connectivity index (χ2n) is 4.01. The van der Waals surface area contributed by atoms with E-state index in [0.717, 1.165) is 5.56 Å². The summed E-state index contributed by atoms with van der Waals surface area (Å²) in [5.74, 6) is 0.0384.